The number of aromatic nitrogens is 2. The van der Waals surface area contributed by atoms with Crippen LogP contribution in [0.2, 0.25) is 0 Å². The maximum absolute atomic E-state index is 12.1. The van der Waals surface area contributed by atoms with E-state index in [2.05, 4.69) is 59.7 Å². The second kappa shape index (κ2) is 10.4. The average molecular weight is 441 g/mol. The smallest absolute Gasteiger partial charge is 0.234 e. The summed E-state index contributed by atoms with van der Waals surface area (Å²) in [5.41, 5.74) is 3.83. The highest BCUT2D eigenvalue weighted by Gasteiger charge is 2.09. The van der Waals surface area contributed by atoms with Crippen LogP contribution in [0.1, 0.15) is 36.5 Å². The van der Waals surface area contributed by atoms with Crippen LogP contribution in [0.15, 0.2) is 57.2 Å². The number of hydrogen-bond donors (Lipinski definition) is 1. The number of anilines is 1. The molecule has 0 atom stereocenters. The molecular weight excluding hydrogens is 420 g/mol. The zero-order valence-corrected chi connectivity index (χ0v) is 18.5. The first kappa shape index (κ1) is 21.4. The molecule has 0 fully saturated rings. The Morgan fingerprint density at radius 2 is 1.72 bits per heavy atom. The summed E-state index contributed by atoms with van der Waals surface area (Å²) < 4.78 is 1.67. The number of nitrogens with one attached hydrogen (secondary N) is 1. The number of carbonyl (C=O) groups is 1. The van der Waals surface area contributed by atoms with Crippen LogP contribution in [0.5, 0.6) is 0 Å². The molecule has 0 aliphatic heterocycles. The number of thioether (sulfide) groups is 2. The molecule has 3 aromatic rings. The van der Waals surface area contributed by atoms with E-state index in [-0.39, 0.29) is 11.7 Å². The minimum Gasteiger partial charge on any atom is -0.325 e. The van der Waals surface area contributed by atoms with E-state index in [9.17, 15) is 4.79 Å². The normalized spacial score (nSPS) is 10.7. The molecule has 2 aromatic carbocycles. The summed E-state index contributed by atoms with van der Waals surface area (Å²) in [5, 5.41) is 20.0. The van der Waals surface area contributed by atoms with Gasteiger partial charge < -0.3 is 5.32 Å². The van der Waals surface area contributed by atoms with E-state index < -0.39 is 0 Å². The molecular formula is C21H20N4OS3. The van der Waals surface area contributed by atoms with Gasteiger partial charge in [0.2, 0.25) is 5.91 Å². The third-order valence-corrected chi connectivity index (χ3v) is 7.28. The number of nitriles is 1. The SMILES string of the molecule is CC(C)c1ccc(CSc2nnc(SCC(=O)Nc3ccc(C#N)cc3)s2)cc1. The lowest BCUT2D eigenvalue weighted by molar-refractivity contribution is -0.113. The van der Waals surface area contributed by atoms with Gasteiger partial charge in [0.25, 0.3) is 0 Å². The summed E-state index contributed by atoms with van der Waals surface area (Å²) in [5.74, 6) is 1.52. The number of carbonyl (C=O) groups excluding carboxylic acids is 1. The van der Waals surface area contributed by atoms with E-state index in [0.29, 0.717) is 17.2 Å². The summed E-state index contributed by atoms with van der Waals surface area (Å²) in [6, 6.07) is 17.5. The van der Waals surface area contributed by atoms with Crippen molar-refractivity contribution in [3.05, 3.63) is 65.2 Å². The Labute approximate surface area is 182 Å². The van der Waals surface area contributed by atoms with Gasteiger partial charge >= 0.3 is 0 Å². The summed E-state index contributed by atoms with van der Waals surface area (Å²) in [6.45, 7) is 4.38. The molecule has 0 saturated carbocycles. The fourth-order valence-corrected chi connectivity index (χ4v) is 5.19. The third-order valence-electron chi connectivity index (χ3n) is 4.02. The molecule has 0 saturated heterocycles. The van der Waals surface area contributed by atoms with Crippen molar-refractivity contribution in [1.29, 1.82) is 5.26 Å². The van der Waals surface area contributed by atoms with Crippen LogP contribution in [0.25, 0.3) is 0 Å². The molecule has 1 heterocycles. The first-order chi connectivity index (χ1) is 14.0. The maximum Gasteiger partial charge on any atom is 0.234 e. The van der Waals surface area contributed by atoms with Crippen molar-refractivity contribution in [1.82, 2.24) is 10.2 Å². The molecule has 8 heteroatoms. The minimum absolute atomic E-state index is 0.116. The highest BCUT2D eigenvalue weighted by atomic mass is 32.2. The van der Waals surface area contributed by atoms with Gasteiger partial charge in [-0.05, 0) is 41.3 Å². The van der Waals surface area contributed by atoms with Crippen molar-refractivity contribution >= 4 is 46.5 Å². The fourth-order valence-electron chi connectivity index (χ4n) is 2.41. The average Bonchev–Trinajstić information content (AvgIpc) is 3.19. The molecule has 5 nitrogen and oxygen atoms in total. The number of hydrogen-bond acceptors (Lipinski definition) is 7. The number of benzene rings is 2. The van der Waals surface area contributed by atoms with Crippen LogP contribution in [-0.2, 0) is 10.5 Å². The predicted octanol–water partition coefficient (Wildman–Crippen LogP) is 5.56. The van der Waals surface area contributed by atoms with Crippen molar-refractivity contribution in [2.45, 2.75) is 34.2 Å². The molecule has 1 amide bonds. The van der Waals surface area contributed by atoms with E-state index in [1.165, 1.54) is 34.2 Å². The molecule has 0 unspecified atom stereocenters. The van der Waals surface area contributed by atoms with Gasteiger partial charge in [-0.15, -0.1) is 10.2 Å². The summed E-state index contributed by atoms with van der Waals surface area (Å²) in [6.07, 6.45) is 0. The lowest BCUT2D eigenvalue weighted by Gasteiger charge is -2.06. The zero-order valence-electron chi connectivity index (χ0n) is 16.1. The molecule has 0 aliphatic rings. The molecule has 29 heavy (non-hydrogen) atoms. The van der Waals surface area contributed by atoms with Gasteiger partial charge in [-0.2, -0.15) is 5.26 Å². The van der Waals surface area contributed by atoms with Gasteiger partial charge in [-0.1, -0.05) is 73.0 Å². The molecule has 0 spiro atoms. The summed E-state index contributed by atoms with van der Waals surface area (Å²) >= 11 is 4.52. The molecule has 1 N–H and O–H groups in total. The highest BCUT2D eigenvalue weighted by molar-refractivity contribution is 8.03. The topological polar surface area (TPSA) is 78.7 Å². The van der Waals surface area contributed by atoms with Gasteiger partial charge in [0.05, 0.1) is 17.4 Å². The first-order valence-electron chi connectivity index (χ1n) is 9.01. The van der Waals surface area contributed by atoms with Crippen molar-refractivity contribution in [3.8, 4) is 6.07 Å². The second-order valence-corrected chi connectivity index (χ2v) is 9.97. The Morgan fingerprint density at radius 3 is 2.34 bits per heavy atom. The molecule has 148 valence electrons. The lowest BCUT2D eigenvalue weighted by Crippen LogP contribution is -2.13. The second-order valence-electron chi connectivity index (χ2n) is 6.54. The maximum atomic E-state index is 12.1. The largest absolute Gasteiger partial charge is 0.325 e. The molecule has 0 radical (unpaired) electrons. The van der Waals surface area contributed by atoms with Crippen molar-refractivity contribution in [2.75, 3.05) is 11.1 Å². The van der Waals surface area contributed by atoms with E-state index in [1.54, 1.807) is 36.0 Å². The first-order valence-corrected chi connectivity index (χ1v) is 11.8. The Kier molecular flexibility index (Phi) is 7.69. The highest BCUT2D eigenvalue weighted by Crippen LogP contribution is 2.31. The summed E-state index contributed by atoms with van der Waals surface area (Å²) in [7, 11) is 0. The van der Waals surface area contributed by atoms with Gasteiger partial charge in [0.15, 0.2) is 8.68 Å². The Bertz CT molecular complexity index is 992. The number of amides is 1. The lowest BCUT2D eigenvalue weighted by atomic mass is 10.0. The Balaban J connectivity index is 1.44. The molecule has 1 aromatic heterocycles. The van der Waals surface area contributed by atoms with E-state index >= 15 is 0 Å². The minimum atomic E-state index is -0.116. The van der Waals surface area contributed by atoms with E-state index in [1.807, 2.05) is 0 Å². The quantitative estimate of drug-likeness (QED) is 0.462. The van der Waals surface area contributed by atoms with Gasteiger partial charge in [0.1, 0.15) is 0 Å². The Hall–Kier alpha value is -2.34. The van der Waals surface area contributed by atoms with E-state index in [0.717, 1.165) is 14.4 Å². The van der Waals surface area contributed by atoms with Crippen molar-refractivity contribution in [2.24, 2.45) is 0 Å². The molecule has 0 aliphatic carbocycles. The van der Waals surface area contributed by atoms with Crippen LogP contribution in [0.4, 0.5) is 5.69 Å². The number of nitrogens with zero attached hydrogens (tertiary/aromatic N) is 3. The van der Waals surface area contributed by atoms with Crippen LogP contribution < -0.4 is 5.32 Å². The monoisotopic (exact) mass is 440 g/mol. The van der Waals surface area contributed by atoms with Crippen LogP contribution in [-0.4, -0.2) is 21.9 Å². The van der Waals surface area contributed by atoms with Gasteiger partial charge in [-0.3, -0.25) is 4.79 Å². The third kappa shape index (κ3) is 6.60. The van der Waals surface area contributed by atoms with Crippen LogP contribution in [0.3, 0.4) is 0 Å². The zero-order chi connectivity index (χ0) is 20.6. The van der Waals surface area contributed by atoms with Crippen molar-refractivity contribution < 1.29 is 4.79 Å². The fraction of sp³-hybridized carbons (Fsp3) is 0.238. The summed E-state index contributed by atoms with van der Waals surface area (Å²) in [4.78, 5) is 12.1. The van der Waals surface area contributed by atoms with Crippen LogP contribution in [0, 0.1) is 11.3 Å². The standard InChI is InChI=1S/C21H20N4OS3/c1-14(2)17-7-3-16(4-8-17)12-27-20-24-25-21(29-20)28-13-19(26)23-18-9-5-15(11-22)6-10-18/h3-10,14H,12-13H2,1-2H3,(H,23,26). The van der Waals surface area contributed by atoms with E-state index in [4.69, 9.17) is 5.26 Å². The predicted molar refractivity (Wildman–Crippen MR) is 121 cm³/mol. The molecule has 0 bridgehead atoms. The van der Waals surface area contributed by atoms with Gasteiger partial charge in [0, 0.05) is 11.4 Å². The number of rotatable bonds is 8. The van der Waals surface area contributed by atoms with Gasteiger partial charge in [-0.25, -0.2) is 0 Å². The van der Waals surface area contributed by atoms with Crippen LogP contribution >= 0.6 is 34.9 Å². The van der Waals surface area contributed by atoms with Crippen molar-refractivity contribution in [3.63, 3.8) is 0 Å². The molecule has 3 rings (SSSR count). The Morgan fingerprint density at radius 1 is 1.07 bits per heavy atom.